The normalized spacial score (nSPS) is 21.5. The molecule has 1 heterocycles. The van der Waals surface area contributed by atoms with Gasteiger partial charge in [-0.05, 0) is 37.5 Å². The van der Waals surface area contributed by atoms with E-state index in [0.29, 0.717) is 5.54 Å². The summed E-state index contributed by atoms with van der Waals surface area (Å²) in [7, 11) is 2.20. The maximum absolute atomic E-state index is 6.17. The van der Waals surface area contributed by atoms with E-state index in [9.17, 15) is 0 Å². The molecule has 0 aromatic heterocycles. The molecule has 0 saturated heterocycles. The lowest BCUT2D eigenvalue weighted by Gasteiger charge is -2.43. The second kappa shape index (κ2) is 3.81. The van der Waals surface area contributed by atoms with Crippen LogP contribution in [-0.2, 0) is 0 Å². The highest BCUT2D eigenvalue weighted by Gasteiger charge is 2.39. The highest BCUT2D eigenvalue weighted by molar-refractivity contribution is 6.31. The molecule has 0 radical (unpaired) electrons. The molecular formula is C14H19ClN2. The first-order valence-corrected chi connectivity index (χ1v) is 6.77. The zero-order chi connectivity index (χ0) is 12.0. The van der Waals surface area contributed by atoms with Gasteiger partial charge in [0.05, 0.1) is 16.9 Å². The number of benzene rings is 1. The van der Waals surface area contributed by atoms with Crippen molar-refractivity contribution in [3.63, 3.8) is 0 Å². The molecule has 3 heteroatoms. The number of hydrogen-bond acceptors (Lipinski definition) is 2. The third-order valence-corrected chi connectivity index (χ3v) is 4.37. The van der Waals surface area contributed by atoms with E-state index >= 15 is 0 Å². The molecule has 1 spiro atoms. The SMILES string of the molecule is Cc1cc(Cl)cc2c1N(C)CC1(CCCC1)N2. The number of fused-ring (bicyclic) bond motifs is 1. The lowest BCUT2D eigenvalue weighted by molar-refractivity contribution is 0.472. The molecule has 2 aliphatic rings. The Morgan fingerprint density at radius 1 is 1.29 bits per heavy atom. The predicted molar refractivity (Wildman–Crippen MR) is 74.3 cm³/mol. The van der Waals surface area contributed by atoms with Crippen molar-refractivity contribution < 1.29 is 0 Å². The molecule has 1 aromatic carbocycles. The minimum absolute atomic E-state index is 0.291. The van der Waals surface area contributed by atoms with Crippen molar-refractivity contribution in [2.75, 3.05) is 23.8 Å². The molecule has 3 rings (SSSR count). The summed E-state index contributed by atoms with van der Waals surface area (Å²) in [5.74, 6) is 0. The molecule has 1 aromatic rings. The second-order valence-electron chi connectivity index (χ2n) is 5.59. The summed E-state index contributed by atoms with van der Waals surface area (Å²) in [6.45, 7) is 3.25. The highest BCUT2D eigenvalue weighted by Crippen LogP contribution is 2.43. The average molecular weight is 251 g/mol. The van der Waals surface area contributed by atoms with E-state index in [2.05, 4.69) is 30.3 Å². The van der Waals surface area contributed by atoms with Crippen LogP contribution < -0.4 is 10.2 Å². The van der Waals surface area contributed by atoms with Crippen LogP contribution in [0.4, 0.5) is 11.4 Å². The summed E-state index contributed by atoms with van der Waals surface area (Å²) in [6, 6.07) is 4.12. The van der Waals surface area contributed by atoms with Crippen LogP contribution in [0, 0.1) is 6.92 Å². The molecule has 0 atom stereocenters. The number of aryl methyl sites for hydroxylation is 1. The lowest BCUT2D eigenvalue weighted by Crippen LogP contribution is -2.49. The molecule has 1 aliphatic heterocycles. The largest absolute Gasteiger partial charge is 0.376 e. The summed E-state index contributed by atoms with van der Waals surface area (Å²) >= 11 is 6.17. The molecule has 1 N–H and O–H groups in total. The van der Waals surface area contributed by atoms with Gasteiger partial charge < -0.3 is 10.2 Å². The van der Waals surface area contributed by atoms with Gasteiger partial charge in [0.15, 0.2) is 0 Å². The number of anilines is 2. The smallest absolute Gasteiger partial charge is 0.0631 e. The molecule has 1 fully saturated rings. The van der Waals surface area contributed by atoms with Crippen molar-refractivity contribution in [2.24, 2.45) is 0 Å². The number of halogens is 1. The lowest BCUT2D eigenvalue weighted by atomic mass is 9.92. The predicted octanol–water partition coefficient (Wildman–Crippen LogP) is 3.82. The van der Waals surface area contributed by atoms with E-state index in [4.69, 9.17) is 11.6 Å². The van der Waals surface area contributed by atoms with Gasteiger partial charge in [0, 0.05) is 18.6 Å². The zero-order valence-corrected chi connectivity index (χ0v) is 11.3. The summed E-state index contributed by atoms with van der Waals surface area (Å²) < 4.78 is 0. The van der Waals surface area contributed by atoms with Gasteiger partial charge >= 0.3 is 0 Å². The first-order valence-electron chi connectivity index (χ1n) is 6.39. The highest BCUT2D eigenvalue weighted by atomic mass is 35.5. The molecule has 1 aliphatic carbocycles. The van der Waals surface area contributed by atoms with E-state index in [-0.39, 0.29) is 0 Å². The van der Waals surface area contributed by atoms with E-state index in [0.717, 1.165) is 11.6 Å². The van der Waals surface area contributed by atoms with Gasteiger partial charge in [-0.25, -0.2) is 0 Å². The molecule has 0 amide bonds. The van der Waals surface area contributed by atoms with Crippen LogP contribution in [-0.4, -0.2) is 19.1 Å². The summed E-state index contributed by atoms with van der Waals surface area (Å²) in [4.78, 5) is 2.39. The van der Waals surface area contributed by atoms with Crippen LogP contribution in [0.1, 0.15) is 31.2 Å². The van der Waals surface area contributed by atoms with Crippen LogP contribution in [0.3, 0.4) is 0 Å². The average Bonchev–Trinajstić information content (AvgIpc) is 2.63. The van der Waals surface area contributed by atoms with E-state index in [1.165, 1.54) is 42.6 Å². The second-order valence-corrected chi connectivity index (χ2v) is 6.02. The molecule has 0 unspecified atom stereocenters. The van der Waals surface area contributed by atoms with E-state index < -0.39 is 0 Å². The Kier molecular flexibility index (Phi) is 2.51. The van der Waals surface area contributed by atoms with Gasteiger partial charge in [-0.3, -0.25) is 0 Å². The third-order valence-electron chi connectivity index (χ3n) is 4.15. The van der Waals surface area contributed by atoms with Crippen LogP contribution in [0.15, 0.2) is 12.1 Å². The summed E-state index contributed by atoms with van der Waals surface area (Å²) in [5, 5.41) is 4.59. The Hall–Kier alpha value is -0.890. The minimum atomic E-state index is 0.291. The first kappa shape index (κ1) is 11.2. The quantitative estimate of drug-likeness (QED) is 0.753. The van der Waals surface area contributed by atoms with E-state index in [1.807, 2.05) is 6.07 Å². The van der Waals surface area contributed by atoms with Gasteiger partial charge in [0.1, 0.15) is 0 Å². The van der Waals surface area contributed by atoms with Crippen LogP contribution in [0.25, 0.3) is 0 Å². The molecule has 92 valence electrons. The fourth-order valence-electron chi connectivity index (χ4n) is 3.53. The van der Waals surface area contributed by atoms with Crippen molar-refractivity contribution >= 4 is 23.0 Å². The molecule has 17 heavy (non-hydrogen) atoms. The maximum Gasteiger partial charge on any atom is 0.0631 e. The Balaban J connectivity index is 2.05. The molecule has 0 bridgehead atoms. The molecule has 1 saturated carbocycles. The van der Waals surface area contributed by atoms with E-state index in [1.54, 1.807) is 0 Å². The molecular weight excluding hydrogens is 232 g/mol. The minimum Gasteiger partial charge on any atom is -0.376 e. The third kappa shape index (κ3) is 1.79. The van der Waals surface area contributed by atoms with Crippen molar-refractivity contribution in [3.8, 4) is 0 Å². The maximum atomic E-state index is 6.17. The number of likely N-dealkylation sites (N-methyl/N-ethyl adjacent to an activating group) is 1. The summed E-state index contributed by atoms with van der Waals surface area (Å²) in [5.41, 5.74) is 4.08. The summed E-state index contributed by atoms with van der Waals surface area (Å²) in [6.07, 6.45) is 5.25. The zero-order valence-electron chi connectivity index (χ0n) is 10.5. The van der Waals surface area contributed by atoms with Gasteiger partial charge in [0.25, 0.3) is 0 Å². The van der Waals surface area contributed by atoms with Crippen molar-refractivity contribution in [1.29, 1.82) is 0 Å². The fraction of sp³-hybridized carbons (Fsp3) is 0.571. The Morgan fingerprint density at radius 3 is 2.71 bits per heavy atom. The fourth-order valence-corrected chi connectivity index (χ4v) is 3.80. The van der Waals surface area contributed by atoms with Crippen molar-refractivity contribution in [1.82, 2.24) is 0 Å². The topological polar surface area (TPSA) is 15.3 Å². The molecule has 2 nitrogen and oxygen atoms in total. The standard InChI is InChI=1S/C14H19ClN2/c1-10-7-11(15)8-12-13(10)17(2)9-14(16-12)5-3-4-6-14/h7-8,16H,3-6,9H2,1-2H3. The number of rotatable bonds is 0. The number of hydrogen-bond donors (Lipinski definition) is 1. The van der Waals surface area contributed by atoms with Gasteiger partial charge in [-0.2, -0.15) is 0 Å². The van der Waals surface area contributed by atoms with Gasteiger partial charge in [-0.1, -0.05) is 24.4 Å². The van der Waals surface area contributed by atoms with Crippen molar-refractivity contribution in [3.05, 3.63) is 22.7 Å². The van der Waals surface area contributed by atoms with Gasteiger partial charge in [-0.15, -0.1) is 0 Å². The Bertz CT molecular complexity index is 450. The van der Waals surface area contributed by atoms with Crippen LogP contribution in [0.5, 0.6) is 0 Å². The van der Waals surface area contributed by atoms with Gasteiger partial charge in [0.2, 0.25) is 0 Å². The number of nitrogens with zero attached hydrogens (tertiary/aromatic N) is 1. The van der Waals surface area contributed by atoms with Crippen LogP contribution >= 0.6 is 11.6 Å². The number of nitrogens with one attached hydrogen (secondary N) is 1. The Morgan fingerprint density at radius 2 is 2.00 bits per heavy atom. The Labute approximate surface area is 108 Å². The first-order chi connectivity index (χ1) is 8.10. The monoisotopic (exact) mass is 250 g/mol. The van der Waals surface area contributed by atoms with Crippen LogP contribution in [0.2, 0.25) is 5.02 Å². The van der Waals surface area contributed by atoms with Crippen molar-refractivity contribution in [2.45, 2.75) is 38.1 Å².